The quantitative estimate of drug-likeness (QED) is 0.800. The van der Waals surface area contributed by atoms with Gasteiger partial charge in [-0.25, -0.2) is 14.5 Å². The van der Waals surface area contributed by atoms with E-state index in [0.29, 0.717) is 5.01 Å². The molecule has 0 aromatic carbocycles. The Labute approximate surface area is 135 Å². The summed E-state index contributed by atoms with van der Waals surface area (Å²) in [5.74, 6) is -0.115. The van der Waals surface area contributed by atoms with Gasteiger partial charge in [-0.2, -0.15) is 5.10 Å². The molecule has 3 aromatic heterocycles. The molecule has 0 bridgehead atoms. The lowest BCUT2D eigenvalue weighted by Crippen LogP contribution is -2.26. The summed E-state index contributed by atoms with van der Waals surface area (Å²) < 4.78 is 1.73. The van der Waals surface area contributed by atoms with E-state index >= 15 is 0 Å². The van der Waals surface area contributed by atoms with E-state index in [4.69, 9.17) is 0 Å². The lowest BCUT2D eigenvalue weighted by molar-refractivity contribution is 0.0938. The summed E-state index contributed by atoms with van der Waals surface area (Å²) in [6.07, 6.45) is 6.28. The molecule has 0 radical (unpaired) electrons. The molecule has 3 aromatic rings. The van der Waals surface area contributed by atoms with Crippen molar-refractivity contribution in [3.8, 4) is 0 Å². The van der Waals surface area contributed by atoms with Crippen LogP contribution in [0.4, 0.5) is 0 Å². The van der Waals surface area contributed by atoms with Gasteiger partial charge < -0.3 is 5.32 Å². The molecule has 3 heterocycles. The molecule has 0 saturated heterocycles. The highest BCUT2D eigenvalue weighted by Crippen LogP contribution is 2.27. The number of thiazole rings is 1. The van der Waals surface area contributed by atoms with Crippen LogP contribution < -0.4 is 5.32 Å². The average Bonchev–Trinajstić information content (AvgIpc) is 3.20. The van der Waals surface area contributed by atoms with Crippen LogP contribution in [0.15, 0.2) is 11.7 Å². The number of rotatable bonds is 3. The second-order valence-corrected chi connectivity index (χ2v) is 7.32. The topological polar surface area (TPSA) is 72.2 Å². The Kier molecular flexibility index (Phi) is 3.42. The summed E-state index contributed by atoms with van der Waals surface area (Å²) >= 11 is 3.01. The maximum Gasteiger partial charge on any atom is 0.280 e. The third-order valence-electron chi connectivity index (χ3n) is 3.84. The summed E-state index contributed by atoms with van der Waals surface area (Å²) in [6, 6.07) is -0.165. The standard InChI is InChI=1S/C14H15N5OS2/c1-8(10-6-19-14(18-10)21-7-15-19)16-12(20)13-17-9-4-2-3-5-11(9)22-13/h6-8H,2-5H2,1H3,(H,16,20). The SMILES string of the molecule is CC(NC(=O)c1nc2c(s1)CCCC2)c1cn2ncsc2n1. The third kappa shape index (κ3) is 2.42. The van der Waals surface area contributed by atoms with Crippen LogP contribution in [-0.2, 0) is 12.8 Å². The van der Waals surface area contributed by atoms with Crippen LogP contribution >= 0.6 is 22.7 Å². The zero-order valence-corrected chi connectivity index (χ0v) is 13.7. The van der Waals surface area contributed by atoms with E-state index in [2.05, 4.69) is 20.4 Å². The van der Waals surface area contributed by atoms with Crippen molar-refractivity contribution in [2.75, 3.05) is 0 Å². The second kappa shape index (κ2) is 5.44. The zero-order chi connectivity index (χ0) is 15.1. The highest BCUT2D eigenvalue weighted by atomic mass is 32.1. The third-order valence-corrected chi connectivity index (χ3v) is 5.68. The average molecular weight is 333 g/mol. The summed E-state index contributed by atoms with van der Waals surface area (Å²) in [4.78, 5) is 23.5. The fraction of sp³-hybridized carbons (Fsp3) is 0.429. The van der Waals surface area contributed by atoms with E-state index in [9.17, 15) is 4.79 Å². The summed E-state index contributed by atoms with van der Waals surface area (Å²) in [7, 11) is 0. The smallest absolute Gasteiger partial charge is 0.280 e. The molecule has 114 valence electrons. The Morgan fingerprint density at radius 3 is 3.05 bits per heavy atom. The van der Waals surface area contributed by atoms with Crippen LogP contribution in [-0.4, -0.2) is 25.5 Å². The highest BCUT2D eigenvalue weighted by molar-refractivity contribution is 7.14. The first-order valence-electron chi connectivity index (χ1n) is 7.29. The molecule has 0 saturated carbocycles. The number of carbonyl (C=O) groups excluding carboxylic acids is 1. The number of imidazole rings is 1. The minimum Gasteiger partial charge on any atom is -0.342 e. The fourth-order valence-corrected chi connectivity index (χ4v) is 4.31. The second-order valence-electron chi connectivity index (χ2n) is 5.42. The van der Waals surface area contributed by atoms with Crippen molar-refractivity contribution in [1.29, 1.82) is 0 Å². The van der Waals surface area contributed by atoms with E-state index in [-0.39, 0.29) is 11.9 Å². The van der Waals surface area contributed by atoms with Gasteiger partial charge in [0.2, 0.25) is 4.96 Å². The Morgan fingerprint density at radius 1 is 1.36 bits per heavy atom. The lowest BCUT2D eigenvalue weighted by atomic mass is 10.0. The number of nitrogens with zero attached hydrogens (tertiary/aromatic N) is 4. The molecule has 6 nitrogen and oxygen atoms in total. The fourth-order valence-electron chi connectivity index (χ4n) is 2.65. The zero-order valence-electron chi connectivity index (χ0n) is 12.1. The van der Waals surface area contributed by atoms with Gasteiger partial charge in [-0.3, -0.25) is 4.79 Å². The van der Waals surface area contributed by atoms with Crippen molar-refractivity contribution in [1.82, 2.24) is 24.9 Å². The Morgan fingerprint density at radius 2 is 2.23 bits per heavy atom. The van der Waals surface area contributed by atoms with Crippen molar-refractivity contribution < 1.29 is 4.79 Å². The van der Waals surface area contributed by atoms with Crippen molar-refractivity contribution in [2.45, 2.75) is 38.6 Å². The molecule has 1 N–H and O–H groups in total. The molecular weight excluding hydrogens is 318 g/mol. The summed E-state index contributed by atoms with van der Waals surface area (Å²) in [6.45, 7) is 1.93. The van der Waals surface area contributed by atoms with Crippen LogP contribution in [0.25, 0.3) is 4.96 Å². The molecule has 22 heavy (non-hydrogen) atoms. The van der Waals surface area contributed by atoms with Crippen molar-refractivity contribution in [3.63, 3.8) is 0 Å². The number of nitrogens with one attached hydrogen (secondary N) is 1. The van der Waals surface area contributed by atoms with Gasteiger partial charge >= 0.3 is 0 Å². The van der Waals surface area contributed by atoms with E-state index in [1.54, 1.807) is 10.0 Å². The highest BCUT2D eigenvalue weighted by Gasteiger charge is 2.21. The van der Waals surface area contributed by atoms with E-state index in [1.165, 1.54) is 40.4 Å². The van der Waals surface area contributed by atoms with Gasteiger partial charge in [0.05, 0.1) is 23.6 Å². The minimum atomic E-state index is -0.165. The van der Waals surface area contributed by atoms with Gasteiger partial charge in [-0.05, 0) is 32.6 Å². The van der Waals surface area contributed by atoms with Crippen LogP contribution in [0.2, 0.25) is 0 Å². The molecule has 1 amide bonds. The number of amides is 1. The first-order valence-corrected chi connectivity index (χ1v) is 8.98. The Hall–Kier alpha value is -1.80. The molecule has 1 aliphatic rings. The van der Waals surface area contributed by atoms with E-state index in [0.717, 1.165) is 29.2 Å². The van der Waals surface area contributed by atoms with Crippen molar-refractivity contribution in [2.24, 2.45) is 0 Å². The lowest BCUT2D eigenvalue weighted by Gasteiger charge is -2.09. The maximum absolute atomic E-state index is 12.4. The van der Waals surface area contributed by atoms with Gasteiger partial charge in [-0.15, -0.1) is 11.3 Å². The van der Waals surface area contributed by atoms with Gasteiger partial charge in [0.25, 0.3) is 5.91 Å². The van der Waals surface area contributed by atoms with E-state index < -0.39 is 0 Å². The molecule has 0 aliphatic heterocycles. The maximum atomic E-state index is 12.4. The van der Waals surface area contributed by atoms with E-state index in [1.807, 2.05) is 13.1 Å². The largest absolute Gasteiger partial charge is 0.342 e. The van der Waals surface area contributed by atoms with Gasteiger partial charge in [-0.1, -0.05) is 11.3 Å². The normalized spacial score (nSPS) is 15.7. The van der Waals surface area contributed by atoms with Gasteiger partial charge in [0.15, 0.2) is 5.01 Å². The van der Waals surface area contributed by atoms with Gasteiger partial charge in [0, 0.05) is 4.88 Å². The van der Waals surface area contributed by atoms with Crippen LogP contribution in [0.3, 0.4) is 0 Å². The molecule has 0 spiro atoms. The van der Waals surface area contributed by atoms with Crippen molar-refractivity contribution >= 4 is 33.5 Å². The number of fused-ring (bicyclic) bond motifs is 2. The summed E-state index contributed by atoms with van der Waals surface area (Å²) in [5.41, 5.74) is 3.67. The molecule has 0 fully saturated rings. The Bertz CT molecular complexity index is 781. The minimum absolute atomic E-state index is 0.115. The van der Waals surface area contributed by atoms with Crippen molar-refractivity contribution in [3.05, 3.63) is 33.0 Å². The monoisotopic (exact) mass is 333 g/mol. The molecule has 1 atom stereocenters. The number of aryl methyl sites for hydroxylation is 2. The van der Waals surface area contributed by atoms with Crippen LogP contribution in [0.1, 0.15) is 51.9 Å². The number of aromatic nitrogens is 4. The predicted octanol–water partition coefficient (Wildman–Crippen LogP) is 2.62. The van der Waals surface area contributed by atoms with Crippen LogP contribution in [0, 0.1) is 0 Å². The number of hydrogen-bond acceptors (Lipinski definition) is 6. The number of hydrogen-bond donors (Lipinski definition) is 1. The van der Waals surface area contributed by atoms with Crippen LogP contribution in [0.5, 0.6) is 0 Å². The molecular formula is C14H15N5OS2. The first-order chi connectivity index (χ1) is 10.7. The molecule has 4 rings (SSSR count). The molecule has 1 unspecified atom stereocenters. The van der Waals surface area contributed by atoms with Gasteiger partial charge in [0.1, 0.15) is 5.51 Å². The summed E-state index contributed by atoms with van der Waals surface area (Å²) in [5, 5.41) is 7.70. The Balaban J connectivity index is 1.51. The number of carbonyl (C=O) groups is 1. The molecule has 1 aliphatic carbocycles. The first kappa shape index (κ1) is 13.8. The predicted molar refractivity (Wildman–Crippen MR) is 85.5 cm³/mol. The molecule has 8 heteroatoms.